The summed E-state index contributed by atoms with van der Waals surface area (Å²) in [5.41, 5.74) is 2.15. The third kappa shape index (κ3) is 5.16. The predicted octanol–water partition coefficient (Wildman–Crippen LogP) is 5.34. The highest BCUT2D eigenvalue weighted by atomic mass is 32.2. The second-order valence-electron chi connectivity index (χ2n) is 7.92. The van der Waals surface area contributed by atoms with Crippen molar-refractivity contribution in [3.05, 3.63) is 40.3 Å². The Morgan fingerprint density at radius 3 is 2.68 bits per heavy atom. The summed E-state index contributed by atoms with van der Waals surface area (Å²) in [6.07, 6.45) is 7.12. The van der Waals surface area contributed by atoms with Gasteiger partial charge in [-0.2, -0.15) is 0 Å². The number of thioether (sulfide) groups is 1. The first-order valence-corrected chi connectivity index (χ1v) is 12.1. The molecule has 0 radical (unpaired) electrons. The quantitative estimate of drug-likeness (QED) is 0.692. The van der Waals surface area contributed by atoms with Crippen LogP contribution in [0.15, 0.2) is 34.5 Å². The van der Waals surface area contributed by atoms with Gasteiger partial charge in [0, 0.05) is 28.0 Å². The summed E-state index contributed by atoms with van der Waals surface area (Å²) in [4.78, 5) is 21.1. The minimum Gasteiger partial charge on any atom is -0.325 e. The molecule has 2 heterocycles. The van der Waals surface area contributed by atoms with E-state index >= 15 is 0 Å². The third-order valence-corrected chi connectivity index (χ3v) is 7.99. The number of thiazole rings is 1. The van der Waals surface area contributed by atoms with Crippen LogP contribution in [-0.4, -0.2) is 34.1 Å². The zero-order valence-corrected chi connectivity index (χ0v) is 18.2. The van der Waals surface area contributed by atoms with Crippen LogP contribution < -0.4 is 5.32 Å². The van der Waals surface area contributed by atoms with Gasteiger partial charge < -0.3 is 5.32 Å². The van der Waals surface area contributed by atoms with E-state index in [1.165, 1.54) is 30.6 Å². The molecule has 150 valence electrons. The number of benzene rings is 1. The number of anilines is 1. The van der Waals surface area contributed by atoms with Gasteiger partial charge in [0.05, 0.1) is 16.4 Å². The maximum absolute atomic E-state index is 12.9. The van der Waals surface area contributed by atoms with E-state index in [1.807, 2.05) is 24.8 Å². The molecular formula is C22H29N3OS2. The molecule has 6 heteroatoms. The Morgan fingerprint density at radius 1 is 1.21 bits per heavy atom. The molecule has 1 aliphatic heterocycles. The molecule has 0 atom stereocenters. The van der Waals surface area contributed by atoms with Crippen LogP contribution in [-0.2, 0) is 11.3 Å². The summed E-state index contributed by atoms with van der Waals surface area (Å²) in [7, 11) is 0. The van der Waals surface area contributed by atoms with E-state index in [0.29, 0.717) is 5.25 Å². The fraction of sp³-hybridized carbons (Fsp3) is 0.545. The molecule has 1 amide bonds. The molecule has 4 rings (SSSR count). The van der Waals surface area contributed by atoms with E-state index in [2.05, 4.69) is 38.8 Å². The largest absolute Gasteiger partial charge is 0.325 e. The number of rotatable bonds is 6. The lowest BCUT2D eigenvalue weighted by Crippen LogP contribution is -2.37. The average Bonchev–Trinajstić information content (AvgIpc) is 3.35. The molecule has 1 aromatic heterocycles. The van der Waals surface area contributed by atoms with Gasteiger partial charge in [0.1, 0.15) is 0 Å². The number of likely N-dealkylation sites (tertiary alicyclic amines) is 1. The Labute approximate surface area is 176 Å². The number of hydrogen-bond acceptors (Lipinski definition) is 5. The number of nitrogens with one attached hydrogen (secondary N) is 1. The lowest BCUT2D eigenvalue weighted by atomic mass is 9.95. The normalized spacial score (nSPS) is 19.2. The lowest BCUT2D eigenvalue weighted by Gasteiger charge is -2.30. The van der Waals surface area contributed by atoms with Crippen molar-refractivity contribution in [2.75, 3.05) is 18.4 Å². The molecule has 2 aromatic rings. The number of hydrogen-bond donors (Lipinski definition) is 1. The SMILES string of the molecule is Cc1nc(CN2CCC(C(=O)Nc3ccccc3SC3CCCC3)CC2)cs1. The van der Waals surface area contributed by atoms with Gasteiger partial charge in [0.15, 0.2) is 0 Å². The van der Waals surface area contributed by atoms with Gasteiger partial charge in [0.2, 0.25) is 5.91 Å². The molecule has 1 saturated carbocycles. The Morgan fingerprint density at radius 2 is 1.96 bits per heavy atom. The van der Waals surface area contributed by atoms with E-state index in [1.54, 1.807) is 11.3 Å². The maximum atomic E-state index is 12.9. The number of amides is 1. The van der Waals surface area contributed by atoms with E-state index in [4.69, 9.17) is 0 Å². The van der Waals surface area contributed by atoms with Crippen LogP contribution in [0.4, 0.5) is 5.69 Å². The minimum atomic E-state index is 0.109. The van der Waals surface area contributed by atoms with Crippen LogP contribution in [0, 0.1) is 12.8 Å². The maximum Gasteiger partial charge on any atom is 0.227 e. The average molecular weight is 416 g/mol. The van der Waals surface area contributed by atoms with Gasteiger partial charge in [-0.05, 0) is 57.8 Å². The van der Waals surface area contributed by atoms with Crippen molar-refractivity contribution < 1.29 is 4.79 Å². The Kier molecular flexibility index (Phi) is 6.70. The van der Waals surface area contributed by atoms with E-state index in [0.717, 1.165) is 48.9 Å². The molecule has 1 aromatic carbocycles. The summed E-state index contributed by atoms with van der Waals surface area (Å²) in [5.74, 6) is 0.293. The van der Waals surface area contributed by atoms with Crippen LogP contribution >= 0.6 is 23.1 Å². The summed E-state index contributed by atoms with van der Waals surface area (Å²) in [6.45, 7) is 4.88. The predicted molar refractivity (Wildman–Crippen MR) is 118 cm³/mol. The molecule has 1 N–H and O–H groups in total. The second kappa shape index (κ2) is 9.42. The number of nitrogens with zero attached hydrogens (tertiary/aromatic N) is 2. The van der Waals surface area contributed by atoms with E-state index < -0.39 is 0 Å². The highest BCUT2D eigenvalue weighted by Crippen LogP contribution is 2.38. The van der Waals surface area contributed by atoms with Crippen LogP contribution in [0.5, 0.6) is 0 Å². The highest BCUT2D eigenvalue weighted by molar-refractivity contribution is 8.00. The number of aromatic nitrogens is 1. The number of para-hydroxylation sites is 1. The Hall–Kier alpha value is -1.37. The molecule has 0 spiro atoms. The topological polar surface area (TPSA) is 45.2 Å². The number of piperidine rings is 1. The second-order valence-corrected chi connectivity index (χ2v) is 10.3. The molecular weight excluding hydrogens is 386 g/mol. The molecule has 2 fully saturated rings. The molecule has 1 saturated heterocycles. The van der Waals surface area contributed by atoms with Gasteiger partial charge in [0.25, 0.3) is 0 Å². The smallest absolute Gasteiger partial charge is 0.227 e. The molecule has 4 nitrogen and oxygen atoms in total. The molecule has 2 aliphatic rings. The molecule has 0 unspecified atom stereocenters. The van der Waals surface area contributed by atoms with Gasteiger partial charge in [-0.1, -0.05) is 25.0 Å². The molecule has 0 bridgehead atoms. The van der Waals surface area contributed by atoms with Crippen LogP contribution in [0.1, 0.15) is 49.2 Å². The molecule has 1 aliphatic carbocycles. The van der Waals surface area contributed by atoms with Crippen molar-refractivity contribution in [2.45, 2.75) is 62.1 Å². The Balaban J connectivity index is 1.30. The standard InChI is InChI=1S/C22H29N3OS2/c1-16-23-18(15-27-16)14-25-12-10-17(11-13-25)22(26)24-20-8-4-5-9-21(20)28-19-6-2-3-7-19/h4-5,8-9,15,17,19H,2-3,6-7,10-14H2,1H3,(H,24,26). The first-order chi connectivity index (χ1) is 13.7. The molecule has 28 heavy (non-hydrogen) atoms. The van der Waals surface area contributed by atoms with Gasteiger partial charge in [-0.15, -0.1) is 23.1 Å². The van der Waals surface area contributed by atoms with Crippen LogP contribution in [0.2, 0.25) is 0 Å². The zero-order valence-electron chi connectivity index (χ0n) is 16.5. The Bertz CT molecular complexity index is 793. The van der Waals surface area contributed by atoms with Crippen LogP contribution in [0.3, 0.4) is 0 Å². The van der Waals surface area contributed by atoms with Gasteiger partial charge >= 0.3 is 0 Å². The summed E-state index contributed by atoms with van der Waals surface area (Å²) in [5, 5.41) is 7.21. The van der Waals surface area contributed by atoms with E-state index in [9.17, 15) is 4.79 Å². The van der Waals surface area contributed by atoms with Crippen molar-refractivity contribution in [2.24, 2.45) is 5.92 Å². The van der Waals surface area contributed by atoms with Crippen molar-refractivity contribution >= 4 is 34.7 Å². The minimum absolute atomic E-state index is 0.109. The first kappa shape index (κ1) is 19.9. The van der Waals surface area contributed by atoms with Crippen LogP contribution in [0.25, 0.3) is 0 Å². The summed E-state index contributed by atoms with van der Waals surface area (Å²) >= 11 is 3.65. The fourth-order valence-electron chi connectivity index (χ4n) is 4.16. The van der Waals surface area contributed by atoms with E-state index in [-0.39, 0.29) is 11.8 Å². The lowest BCUT2D eigenvalue weighted by molar-refractivity contribution is -0.121. The van der Waals surface area contributed by atoms with Gasteiger partial charge in [-0.3, -0.25) is 9.69 Å². The zero-order chi connectivity index (χ0) is 19.3. The monoisotopic (exact) mass is 415 g/mol. The summed E-state index contributed by atoms with van der Waals surface area (Å²) < 4.78 is 0. The third-order valence-electron chi connectivity index (χ3n) is 5.75. The number of aryl methyl sites for hydroxylation is 1. The van der Waals surface area contributed by atoms with Crippen molar-refractivity contribution in [1.29, 1.82) is 0 Å². The first-order valence-electron chi connectivity index (χ1n) is 10.4. The number of carbonyl (C=O) groups excluding carboxylic acids is 1. The van der Waals surface area contributed by atoms with Gasteiger partial charge in [-0.25, -0.2) is 4.98 Å². The number of carbonyl (C=O) groups is 1. The highest BCUT2D eigenvalue weighted by Gasteiger charge is 2.26. The fourth-order valence-corrected chi connectivity index (χ4v) is 6.09. The van der Waals surface area contributed by atoms with Crippen molar-refractivity contribution in [1.82, 2.24) is 9.88 Å². The van der Waals surface area contributed by atoms with Crippen molar-refractivity contribution in [3.63, 3.8) is 0 Å². The summed E-state index contributed by atoms with van der Waals surface area (Å²) in [6, 6.07) is 8.30. The van der Waals surface area contributed by atoms with Crippen molar-refractivity contribution in [3.8, 4) is 0 Å².